The fourth-order valence-electron chi connectivity index (χ4n) is 1.96. The zero-order chi connectivity index (χ0) is 15.4. The number of carboxylic acid groups (broad SMARTS) is 1. The average Bonchev–Trinajstić information content (AvgIpc) is 2.79. The highest BCUT2D eigenvalue weighted by Gasteiger charge is 2.13. The third-order valence-corrected chi connectivity index (χ3v) is 5.83. The Morgan fingerprint density at radius 3 is 2.95 bits per heavy atom. The average molecular weight is 436 g/mol. The van der Waals surface area contributed by atoms with E-state index in [1.807, 2.05) is 17.8 Å². The number of aromatic nitrogens is 2. The van der Waals surface area contributed by atoms with Gasteiger partial charge in [0.2, 0.25) is 0 Å². The van der Waals surface area contributed by atoms with Gasteiger partial charge in [0.15, 0.2) is 5.16 Å². The molecule has 1 N–H and O–H groups in total. The third kappa shape index (κ3) is 4.53. The van der Waals surface area contributed by atoms with E-state index in [1.54, 1.807) is 0 Å². The second-order valence-electron chi connectivity index (χ2n) is 4.70. The molecule has 114 valence electrons. The number of thioether (sulfide) groups is 2. The maximum absolute atomic E-state index is 10.8. The first-order valence-corrected chi connectivity index (χ1v) is 9.89. The number of nitrogens with zero attached hydrogens (tertiary/aromatic N) is 2. The lowest BCUT2D eigenvalue weighted by molar-refractivity contribution is -0.133. The number of benzene rings is 1. The quantitative estimate of drug-likeness (QED) is 0.526. The van der Waals surface area contributed by atoms with Gasteiger partial charge in [-0.3, -0.25) is 4.79 Å². The van der Waals surface area contributed by atoms with Crippen LogP contribution in [0, 0.1) is 3.57 Å². The van der Waals surface area contributed by atoms with Crippen LogP contribution in [0.2, 0.25) is 0 Å². The number of hydrogen-bond acceptors (Lipinski definition) is 4. The van der Waals surface area contributed by atoms with E-state index in [1.165, 1.54) is 11.8 Å². The van der Waals surface area contributed by atoms with Crippen molar-refractivity contribution in [2.75, 3.05) is 12.0 Å². The monoisotopic (exact) mass is 436 g/mol. The van der Waals surface area contributed by atoms with E-state index in [0.29, 0.717) is 5.25 Å². The van der Waals surface area contributed by atoms with Crippen LogP contribution in [0.25, 0.3) is 11.0 Å². The van der Waals surface area contributed by atoms with Crippen molar-refractivity contribution < 1.29 is 9.90 Å². The molecule has 1 aromatic carbocycles. The summed E-state index contributed by atoms with van der Waals surface area (Å²) in [5.41, 5.74) is 2.02. The number of halogens is 1. The summed E-state index contributed by atoms with van der Waals surface area (Å²) >= 11 is 5.40. The van der Waals surface area contributed by atoms with Gasteiger partial charge in [0.25, 0.3) is 0 Å². The minimum atomic E-state index is -0.814. The summed E-state index contributed by atoms with van der Waals surface area (Å²) in [6, 6.07) is 6.17. The van der Waals surface area contributed by atoms with Gasteiger partial charge in [0.1, 0.15) is 0 Å². The van der Waals surface area contributed by atoms with E-state index < -0.39 is 5.97 Å². The van der Waals surface area contributed by atoms with E-state index in [2.05, 4.69) is 57.5 Å². The Labute approximate surface area is 146 Å². The summed E-state index contributed by atoms with van der Waals surface area (Å²) in [5, 5.41) is 10.2. The van der Waals surface area contributed by atoms with Crippen molar-refractivity contribution in [1.82, 2.24) is 9.55 Å². The number of aryl methyl sites for hydroxylation is 1. The van der Waals surface area contributed by atoms with Crippen molar-refractivity contribution in [2.24, 2.45) is 0 Å². The van der Waals surface area contributed by atoms with Crippen molar-refractivity contribution in [1.29, 1.82) is 0 Å². The van der Waals surface area contributed by atoms with Crippen LogP contribution in [0.15, 0.2) is 23.4 Å². The van der Waals surface area contributed by atoms with Gasteiger partial charge >= 0.3 is 5.97 Å². The lowest BCUT2D eigenvalue weighted by Gasteiger charge is -2.11. The number of hydrogen-bond donors (Lipinski definition) is 1. The van der Waals surface area contributed by atoms with E-state index >= 15 is 0 Å². The second kappa shape index (κ2) is 7.73. The summed E-state index contributed by atoms with van der Waals surface area (Å²) in [6.45, 7) is 3.07. The topological polar surface area (TPSA) is 55.1 Å². The van der Waals surface area contributed by atoms with Crippen LogP contribution in [0.1, 0.15) is 13.3 Å². The molecule has 0 aliphatic rings. The number of fused-ring (bicyclic) bond motifs is 1. The van der Waals surface area contributed by atoms with Crippen LogP contribution in [0.5, 0.6) is 0 Å². The molecular formula is C14H17IN2O2S2. The molecule has 2 rings (SSSR count). The first kappa shape index (κ1) is 17.0. The molecule has 0 saturated carbocycles. The Hall–Kier alpha value is -0.410. The highest BCUT2D eigenvalue weighted by molar-refractivity contribution is 14.1. The SMILES string of the molecule is CSC(C)CCn1c(SCC(=O)O)nc2cc(I)ccc21. The molecule has 21 heavy (non-hydrogen) atoms. The molecule has 1 atom stereocenters. The lowest BCUT2D eigenvalue weighted by atomic mass is 10.3. The normalized spacial score (nSPS) is 12.7. The molecule has 0 bridgehead atoms. The lowest BCUT2D eigenvalue weighted by Crippen LogP contribution is -2.07. The number of carboxylic acids is 1. The van der Waals surface area contributed by atoms with Gasteiger partial charge in [0, 0.05) is 15.4 Å². The van der Waals surface area contributed by atoms with Crippen LogP contribution in [0.3, 0.4) is 0 Å². The van der Waals surface area contributed by atoms with E-state index in [4.69, 9.17) is 5.11 Å². The molecule has 4 nitrogen and oxygen atoms in total. The summed E-state index contributed by atoms with van der Waals surface area (Å²) in [5.74, 6) is -0.774. The molecule has 0 saturated heterocycles. The number of rotatable bonds is 7. The second-order valence-corrected chi connectivity index (χ2v) is 8.16. The molecule has 1 aromatic heterocycles. The first-order valence-electron chi connectivity index (χ1n) is 6.54. The van der Waals surface area contributed by atoms with E-state index in [-0.39, 0.29) is 5.75 Å². The Morgan fingerprint density at radius 2 is 2.29 bits per heavy atom. The van der Waals surface area contributed by atoms with Crippen molar-refractivity contribution in [3.63, 3.8) is 0 Å². The molecule has 7 heteroatoms. The molecule has 0 aliphatic heterocycles. The van der Waals surface area contributed by atoms with E-state index in [9.17, 15) is 4.79 Å². The predicted octanol–water partition coefficient (Wildman–Crippen LogP) is 3.96. The number of carbonyl (C=O) groups is 1. The van der Waals surface area contributed by atoms with Crippen LogP contribution in [0.4, 0.5) is 0 Å². The Bertz CT molecular complexity index is 645. The number of imidazole rings is 1. The third-order valence-electron chi connectivity index (χ3n) is 3.16. The zero-order valence-corrected chi connectivity index (χ0v) is 15.7. The van der Waals surface area contributed by atoms with Crippen molar-refractivity contribution >= 4 is 63.1 Å². The minimum absolute atomic E-state index is 0.0402. The smallest absolute Gasteiger partial charge is 0.313 e. The molecule has 1 unspecified atom stereocenters. The zero-order valence-electron chi connectivity index (χ0n) is 11.9. The van der Waals surface area contributed by atoms with Crippen LogP contribution >= 0.6 is 46.1 Å². The summed E-state index contributed by atoms with van der Waals surface area (Å²) in [7, 11) is 0. The molecule has 1 heterocycles. The van der Waals surface area contributed by atoms with Gasteiger partial charge in [-0.1, -0.05) is 18.7 Å². The highest BCUT2D eigenvalue weighted by Crippen LogP contribution is 2.26. The fraction of sp³-hybridized carbons (Fsp3) is 0.429. The summed E-state index contributed by atoms with van der Waals surface area (Å²) in [6.07, 6.45) is 3.15. The highest BCUT2D eigenvalue weighted by atomic mass is 127. The largest absolute Gasteiger partial charge is 0.481 e. The molecule has 0 aliphatic carbocycles. The van der Waals surface area contributed by atoms with Gasteiger partial charge in [-0.15, -0.1) is 0 Å². The van der Waals surface area contributed by atoms with Gasteiger partial charge in [0.05, 0.1) is 16.8 Å². The Morgan fingerprint density at radius 1 is 1.52 bits per heavy atom. The van der Waals surface area contributed by atoms with Gasteiger partial charge < -0.3 is 9.67 Å². The Kier molecular flexibility index (Phi) is 6.24. The minimum Gasteiger partial charge on any atom is -0.481 e. The number of aliphatic carboxylic acids is 1. The molecule has 0 fully saturated rings. The maximum atomic E-state index is 10.8. The molecule has 2 aromatic rings. The molecule has 0 radical (unpaired) electrons. The summed E-state index contributed by atoms with van der Waals surface area (Å²) in [4.78, 5) is 15.4. The molecular weight excluding hydrogens is 419 g/mol. The van der Waals surface area contributed by atoms with Gasteiger partial charge in [-0.05, 0) is 53.5 Å². The standard InChI is InChI=1S/C14H17IN2O2S2/c1-9(20-2)5-6-17-12-4-3-10(15)7-11(12)16-14(17)21-8-13(18)19/h3-4,7,9H,5-6,8H2,1-2H3,(H,18,19). The van der Waals surface area contributed by atoms with E-state index in [0.717, 1.165) is 32.7 Å². The fourth-order valence-corrected chi connectivity index (χ4v) is 3.54. The van der Waals surface area contributed by atoms with Crippen molar-refractivity contribution in [3.8, 4) is 0 Å². The van der Waals surface area contributed by atoms with Crippen molar-refractivity contribution in [3.05, 3.63) is 21.8 Å². The Balaban J connectivity index is 2.32. The first-order chi connectivity index (χ1) is 10.0. The molecule has 0 spiro atoms. The van der Waals surface area contributed by atoms with Crippen LogP contribution in [-0.4, -0.2) is 37.9 Å². The molecule has 0 amide bonds. The van der Waals surface area contributed by atoms with Crippen LogP contribution < -0.4 is 0 Å². The predicted molar refractivity (Wildman–Crippen MR) is 98.4 cm³/mol. The van der Waals surface area contributed by atoms with Crippen LogP contribution in [-0.2, 0) is 11.3 Å². The maximum Gasteiger partial charge on any atom is 0.313 e. The van der Waals surface area contributed by atoms with Crippen molar-refractivity contribution in [2.45, 2.75) is 30.3 Å². The summed E-state index contributed by atoms with van der Waals surface area (Å²) < 4.78 is 3.28. The van der Waals surface area contributed by atoms with Gasteiger partial charge in [-0.25, -0.2) is 4.98 Å². The van der Waals surface area contributed by atoms with Gasteiger partial charge in [-0.2, -0.15) is 11.8 Å².